The van der Waals surface area contributed by atoms with Gasteiger partial charge in [-0.1, -0.05) is 15.9 Å². The number of aliphatic hydroxyl groups is 1. The molecule has 0 spiro atoms. The molecule has 96 valence electrons. The number of halogens is 1. The molecule has 1 N–H and O–H groups in total. The predicted molar refractivity (Wildman–Crippen MR) is 76.0 cm³/mol. The van der Waals surface area contributed by atoms with Crippen LogP contribution in [0.25, 0.3) is 0 Å². The fraction of sp³-hybridized carbons (Fsp3) is 0.308. The Morgan fingerprint density at radius 2 is 2.28 bits per heavy atom. The number of nitrogens with zero attached hydrogens (tertiary/aromatic N) is 1. The van der Waals surface area contributed by atoms with Gasteiger partial charge in [-0.15, -0.1) is 11.3 Å². The molecule has 1 aromatic heterocycles. The van der Waals surface area contributed by atoms with Crippen LogP contribution in [0.2, 0.25) is 0 Å². The summed E-state index contributed by atoms with van der Waals surface area (Å²) in [5.74, 6) is 0.693. The van der Waals surface area contributed by atoms with E-state index in [0.29, 0.717) is 12.4 Å². The Balaban J connectivity index is 2.13. The first-order valence-corrected chi connectivity index (χ1v) is 7.25. The molecule has 1 aromatic carbocycles. The maximum absolute atomic E-state index is 9.72. The van der Waals surface area contributed by atoms with Crippen LogP contribution < -0.4 is 4.74 Å². The standard InChI is InChI=1S/C13H14BrNO2S/c1-8(16)12-5-10(14)3-4-13(12)17-6-11-7-18-9(2)15-11/h3-5,7-8,16H,6H2,1-2H3. The van der Waals surface area contributed by atoms with Crippen molar-refractivity contribution < 1.29 is 9.84 Å². The van der Waals surface area contributed by atoms with Crippen molar-refractivity contribution in [3.8, 4) is 5.75 Å². The third kappa shape index (κ3) is 3.31. The molecule has 1 unspecified atom stereocenters. The first-order valence-electron chi connectivity index (χ1n) is 5.57. The highest BCUT2D eigenvalue weighted by molar-refractivity contribution is 9.10. The van der Waals surface area contributed by atoms with Gasteiger partial charge in [0, 0.05) is 15.4 Å². The van der Waals surface area contributed by atoms with Gasteiger partial charge in [-0.05, 0) is 32.0 Å². The fourth-order valence-corrected chi connectivity index (χ4v) is 2.58. The molecule has 1 atom stereocenters. The van der Waals surface area contributed by atoms with Crippen LogP contribution in [-0.4, -0.2) is 10.1 Å². The van der Waals surface area contributed by atoms with Crippen molar-refractivity contribution in [3.05, 3.63) is 44.3 Å². The van der Waals surface area contributed by atoms with Gasteiger partial charge in [-0.3, -0.25) is 0 Å². The van der Waals surface area contributed by atoms with E-state index >= 15 is 0 Å². The van der Waals surface area contributed by atoms with Crippen LogP contribution in [0.15, 0.2) is 28.1 Å². The van der Waals surface area contributed by atoms with Gasteiger partial charge in [0.2, 0.25) is 0 Å². The Labute approximate surface area is 119 Å². The van der Waals surface area contributed by atoms with Gasteiger partial charge >= 0.3 is 0 Å². The highest BCUT2D eigenvalue weighted by atomic mass is 79.9. The minimum absolute atomic E-state index is 0.422. The SMILES string of the molecule is Cc1nc(COc2ccc(Br)cc2C(C)O)cs1. The van der Waals surface area contributed by atoms with Gasteiger partial charge in [0.25, 0.3) is 0 Å². The molecule has 0 fully saturated rings. The van der Waals surface area contributed by atoms with E-state index in [4.69, 9.17) is 4.74 Å². The van der Waals surface area contributed by atoms with Gasteiger partial charge in [0.1, 0.15) is 12.4 Å². The van der Waals surface area contributed by atoms with Crippen molar-refractivity contribution >= 4 is 27.3 Å². The second kappa shape index (κ2) is 5.82. The maximum Gasteiger partial charge on any atom is 0.131 e. The van der Waals surface area contributed by atoms with Gasteiger partial charge in [-0.25, -0.2) is 4.98 Å². The highest BCUT2D eigenvalue weighted by Crippen LogP contribution is 2.29. The van der Waals surface area contributed by atoms with E-state index in [-0.39, 0.29) is 0 Å². The van der Waals surface area contributed by atoms with E-state index in [1.165, 1.54) is 0 Å². The molecule has 2 rings (SSSR count). The van der Waals surface area contributed by atoms with Gasteiger partial charge in [0.05, 0.1) is 16.8 Å². The van der Waals surface area contributed by atoms with Crippen molar-refractivity contribution in [3.63, 3.8) is 0 Å². The maximum atomic E-state index is 9.72. The first kappa shape index (κ1) is 13.5. The number of thiazole rings is 1. The summed E-state index contributed by atoms with van der Waals surface area (Å²) in [5, 5.41) is 12.7. The molecule has 0 radical (unpaired) electrons. The lowest BCUT2D eigenvalue weighted by Gasteiger charge is -2.13. The van der Waals surface area contributed by atoms with E-state index in [1.54, 1.807) is 18.3 Å². The zero-order valence-electron chi connectivity index (χ0n) is 10.2. The zero-order valence-corrected chi connectivity index (χ0v) is 12.6. The molecule has 0 saturated heterocycles. The lowest BCUT2D eigenvalue weighted by Crippen LogP contribution is -2.01. The molecule has 0 aliphatic rings. The lowest BCUT2D eigenvalue weighted by molar-refractivity contribution is 0.189. The summed E-state index contributed by atoms with van der Waals surface area (Å²) in [7, 11) is 0. The van der Waals surface area contributed by atoms with Crippen LogP contribution in [0.4, 0.5) is 0 Å². The zero-order chi connectivity index (χ0) is 13.1. The van der Waals surface area contributed by atoms with E-state index in [1.807, 2.05) is 30.5 Å². The van der Waals surface area contributed by atoms with Crippen LogP contribution in [0.5, 0.6) is 5.75 Å². The third-order valence-corrected chi connectivity index (χ3v) is 3.78. The smallest absolute Gasteiger partial charge is 0.131 e. The van der Waals surface area contributed by atoms with Gasteiger partial charge < -0.3 is 9.84 Å². The molecule has 5 heteroatoms. The van der Waals surface area contributed by atoms with E-state index < -0.39 is 6.10 Å². The summed E-state index contributed by atoms with van der Waals surface area (Å²) >= 11 is 4.99. The summed E-state index contributed by atoms with van der Waals surface area (Å²) < 4.78 is 6.64. The number of aromatic nitrogens is 1. The number of hydrogen-bond acceptors (Lipinski definition) is 4. The van der Waals surface area contributed by atoms with Crippen molar-refractivity contribution in [2.75, 3.05) is 0 Å². The second-order valence-electron chi connectivity index (χ2n) is 4.00. The molecule has 0 amide bonds. The quantitative estimate of drug-likeness (QED) is 0.927. The Bertz CT molecular complexity index is 540. The van der Waals surface area contributed by atoms with E-state index in [2.05, 4.69) is 20.9 Å². The average molecular weight is 328 g/mol. The van der Waals surface area contributed by atoms with Gasteiger partial charge in [0.15, 0.2) is 0 Å². The largest absolute Gasteiger partial charge is 0.487 e. The molecule has 0 aliphatic heterocycles. The van der Waals surface area contributed by atoms with E-state index in [9.17, 15) is 5.11 Å². The van der Waals surface area contributed by atoms with Crippen molar-refractivity contribution in [2.45, 2.75) is 26.6 Å². The second-order valence-corrected chi connectivity index (χ2v) is 5.98. The number of benzene rings is 1. The molecule has 0 bridgehead atoms. The molecule has 2 aromatic rings. The molecular formula is C13H14BrNO2S. The van der Waals surface area contributed by atoms with Crippen LogP contribution >= 0.6 is 27.3 Å². The topological polar surface area (TPSA) is 42.4 Å². The van der Waals surface area contributed by atoms with Crippen molar-refractivity contribution in [1.29, 1.82) is 0 Å². The van der Waals surface area contributed by atoms with Crippen LogP contribution in [0, 0.1) is 6.92 Å². The highest BCUT2D eigenvalue weighted by Gasteiger charge is 2.10. The monoisotopic (exact) mass is 327 g/mol. The van der Waals surface area contributed by atoms with Crippen LogP contribution in [0.3, 0.4) is 0 Å². The summed E-state index contributed by atoms with van der Waals surface area (Å²) in [6.07, 6.45) is -0.560. The summed E-state index contributed by atoms with van der Waals surface area (Å²) in [5.41, 5.74) is 1.69. The fourth-order valence-electron chi connectivity index (χ4n) is 1.60. The van der Waals surface area contributed by atoms with Crippen molar-refractivity contribution in [2.24, 2.45) is 0 Å². The lowest BCUT2D eigenvalue weighted by atomic mass is 10.1. The summed E-state index contributed by atoms with van der Waals surface area (Å²) in [6, 6.07) is 5.62. The Morgan fingerprint density at radius 3 is 2.89 bits per heavy atom. The number of ether oxygens (including phenoxy) is 1. The Morgan fingerprint density at radius 1 is 1.50 bits per heavy atom. The van der Waals surface area contributed by atoms with Crippen LogP contribution in [0.1, 0.15) is 29.3 Å². The average Bonchev–Trinajstić information content (AvgIpc) is 2.73. The Kier molecular flexibility index (Phi) is 4.37. The molecule has 0 saturated carbocycles. The van der Waals surface area contributed by atoms with Gasteiger partial charge in [-0.2, -0.15) is 0 Å². The Hall–Kier alpha value is -0.910. The third-order valence-electron chi connectivity index (χ3n) is 2.46. The molecule has 1 heterocycles. The van der Waals surface area contributed by atoms with E-state index in [0.717, 1.165) is 20.7 Å². The number of aliphatic hydroxyl groups excluding tert-OH is 1. The minimum Gasteiger partial charge on any atom is -0.487 e. The number of hydrogen-bond donors (Lipinski definition) is 1. The minimum atomic E-state index is -0.560. The molecule has 0 aliphatic carbocycles. The number of aryl methyl sites for hydroxylation is 1. The normalized spacial score (nSPS) is 12.4. The summed E-state index contributed by atoms with van der Waals surface area (Å²) in [6.45, 7) is 4.11. The number of rotatable bonds is 4. The molecular weight excluding hydrogens is 314 g/mol. The van der Waals surface area contributed by atoms with Crippen molar-refractivity contribution in [1.82, 2.24) is 4.98 Å². The molecule has 3 nitrogen and oxygen atoms in total. The summed E-state index contributed by atoms with van der Waals surface area (Å²) in [4.78, 5) is 4.34. The van der Waals surface area contributed by atoms with Crippen LogP contribution in [-0.2, 0) is 6.61 Å². The molecule has 18 heavy (non-hydrogen) atoms. The predicted octanol–water partition coefficient (Wildman–Crippen LogP) is 3.85. The first-order chi connectivity index (χ1) is 8.56.